The van der Waals surface area contributed by atoms with E-state index in [0.29, 0.717) is 0 Å². The number of carbonyl (C=O) groups is 2. The van der Waals surface area contributed by atoms with Crippen molar-refractivity contribution in [2.45, 2.75) is 12.8 Å². The first-order valence-electron chi connectivity index (χ1n) is 3.31. The molecule has 0 aromatic heterocycles. The Balaban J connectivity index is 0. The lowest BCUT2D eigenvalue weighted by atomic mass is 10.4. The summed E-state index contributed by atoms with van der Waals surface area (Å²) in [7, 11) is 0. The molecule has 78 valence electrons. The van der Waals surface area contributed by atoms with E-state index in [9.17, 15) is 0 Å². The topological polar surface area (TPSA) is 83.8 Å². The van der Waals surface area contributed by atoms with Crippen LogP contribution in [0.2, 0.25) is 0 Å². The van der Waals surface area contributed by atoms with Crippen LogP contribution in [0.3, 0.4) is 0 Å². The maximum Gasteiger partial charge on any atom is 0.401 e. The predicted octanol–water partition coefficient (Wildman–Crippen LogP) is 2.60. The second kappa shape index (κ2) is 11.5. The molecule has 0 unspecified atom stereocenters. The summed E-state index contributed by atoms with van der Waals surface area (Å²) in [6, 6.07) is 0. The summed E-state index contributed by atoms with van der Waals surface area (Å²) in [5, 5.41) is 14.4. The average Bonchev–Trinajstić information content (AvgIpc) is 2.35. The molecule has 0 radical (unpaired) electrons. The van der Waals surface area contributed by atoms with Crippen LogP contribution in [0.4, 0.5) is 9.59 Å². The van der Waals surface area contributed by atoms with E-state index in [4.69, 9.17) is 24.5 Å². The number of halogens is 2. The highest BCUT2D eigenvalue weighted by Gasteiger charge is 1.94. The summed E-state index contributed by atoms with van der Waals surface area (Å²) < 4.78 is 4.94. The predicted molar refractivity (Wildman–Crippen MR) is 47.8 cm³/mol. The fourth-order valence-electron chi connectivity index (χ4n) is 0.510. The highest BCUT2D eigenvalue weighted by molar-refractivity contribution is 6.60. The molecule has 0 saturated carbocycles. The standard InChI is InChI=1S/C4H8O.2CHClO2/c1-2-4-5-3-1;2*2-1(3)4/h1-4H2;2*(H,3,4). The van der Waals surface area contributed by atoms with Gasteiger partial charge in [0, 0.05) is 36.4 Å². The van der Waals surface area contributed by atoms with E-state index in [2.05, 4.69) is 23.2 Å². The molecule has 13 heavy (non-hydrogen) atoms. The Kier molecular flexibility index (Phi) is 13.2. The number of carboxylic acid groups (broad SMARTS) is 2. The van der Waals surface area contributed by atoms with Crippen LogP contribution < -0.4 is 0 Å². The van der Waals surface area contributed by atoms with Gasteiger partial charge in [-0.1, -0.05) is 0 Å². The van der Waals surface area contributed by atoms with Crippen molar-refractivity contribution in [3.05, 3.63) is 0 Å². The maximum atomic E-state index is 8.77. The van der Waals surface area contributed by atoms with Crippen LogP contribution in [0.5, 0.6) is 0 Å². The summed E-state index contributed by atoms with van der Waals surface area (Å²) in [4.78, 5) is 17.5. The third kappa shape index (κ3) is 51.4. The molecular formula is C6H10Cl2O5. The fraction of sp³-hybridized carbons (Fsp3) is 0.667. The van der Waals surface area contributed by atoms with Crippen molar-refractivity contribution < 1.29 is 24.5 Å². The largest absolute Gasteiger partial charge is 0.469 e. The molecule has 0 aromatic carbocycles. The third-order valence-electron chi connectivity index (χ3n) is 0.827. The number of rotatable bonds is 0. The first-order chi connectivity index (χ1) is 5.96. The summed E-state index contributed by atoms with van der Waals surface area (Å²) in [5.74, 6) is 0. The van der Waals surface area contributed by atoms with Crippen molar-refractivity contribution in [2.24, 2.45) is 0 Å². The van der Waals surface area contributed by atoms with Crippen molar-refractivity contribution >= 4 is 34.1 Å². The molecule has 1 fully saturated rings. The Hall–Kier alpha value is -0.520. The minimum Gasteiger partial charge on any atom is -0.469 e. The summed E-state index contributed by atoms with van der Waals surface area (Å²) in [5.41, 5.74) is -2.72. The number of ether oxygens (including phenoxy) is 1. The molecule has 0 atom stereocenters. The van der Waals surface area contributed by atoms with E-state index in [-0.39, 0.29) is 0 Å². The van der Waals surface area contributed by atoms with E-state index in [1.54, 1.807) is 0 Å². The van der Waals surface area contributed by atoms with Crippen LogP contribution in [-0.2, 0) is 4.74 Å². The molecule has 0 spiro atoms. The second-order valence-electron chi connectivity index (χ2n) is 1.83. The first-order valence-corrected chi connectivity index (χ1v) is 4.07. The minimum atomic E-state index is -1.36. The van der Waals surface area contributed by atoms with Crippen molar-refractivity contribution in [2.75, 3.05) is 13.2 Å². The van der Waals surface area contributed by atoms with E-state index >= 15 is 0 Å². The Bertz CT molecular complexity index is 118. The van der Waals surface area contributed by atoms with Gasteiger partial charge in [0.05, 0.1) is 0 Å². The maximum absolute atomic E-state index is 8.77. The monoisotopic (exact) mass is 232 g/mol. The third-order valence-corrected chi connectivity index (χ3v) is 0.827. The van der Waals surface area contributed by atoms with Crippen LogP contribution in [0.15, 0.2) is 0 Å². The zero-order chi connectivity index (χ0) is 10.7. The van der Waals surface area contributed by atoms with Crippen LogP contribution in [0.1, 0.15) is 12.8 Å². The van der Waals surface area contributed by atoms with Gasteiger partial charge in [0.1, 0.15) is 0 Å². The molecule has 1 rings (SSSR count). The first kappa shape index (κ1) is 15.0. The Morgan fingerprint density at radius 3 is 1.31 bits per heavy atom. The highest BCUT2D eigenvalue weighted by Crippen LogP contribution is 1.98. The number of hydrogen-bond acceptors (Lipinski definition) is 3. The lowest BCUT2D eigenvalue weighted by Gasteiger charge is -1.76. The SMILES string of the molecule is C1CCOC1.O=C(O)Cl.O=C(O)Cl. The smallest absolute Gasteiger partial charge is 0.401 e. The Morgan fingerprint density at radius 2 is 1.23 bits per heavy atom. The Labute approximate surface area is 85.2 Å². The molecule has 0 aromatic rings. The van der Waals surface area contributed by atoms with Gasteiger partial charge in [-0.25, -0.2) is 9.59 Å². The zero-order valence-electron chi connectivity index (χ0n) is 6.70. The van der Waals surface area contributed by atoms with Gasteiger partial charge in [0.2, 0.25) is 0 Å². The minimum absolute atomic E-state index is 1.00. The zero-order valence-corrected chi connectivity index (χ0v) is 8.22. The van der Waals surface area contributed by atoms with E-state index in [0.717, 1.165) is 13.2 Å². The van der Waals surface area contributed by atoms with Crippen LogP contribution >= 0.6 is 23.2 Å². The molecule has 7 heteroatoms. The van der Waals surface area contributed by atoms with Gasteiger partial charge < -0.3 is 14.9 Å². The van der Waals surface area contributed by atoms with Gasteiger partial charge >= 0.3 is 10.9 Å². The molecule has 5 nitrogen and oxygen atoms in total. The van der Waals surface area contributed by atoms with Gasteiger partial charge in [-0.3, -0.25) is 0 Å². The van der Waals surface area contributed by atoms with Crippen molar-refractivity contribution in [3.8, 4) is 0 Å². The van der Waals surface area contributed by atoms with Crippen molar-refractivity contribution in [1.29, 1.82) is 0 Å². The summed E-state index contributed by atoms with van der Waals surface area (Å²) >= 11 is 8.38. The Morgan fingerprint density at radius 1 is 1.00 bits per heavy atom. The van der Waals surface area contributed by atoms with E-state index in [1.165, 1.54) is 12.8 Å². The lowest BCUT2D eigenvalue weighted by Crippen LogP contribution is -1.74. The molecule has 2 N–H and O–H groups in total. The molecule has 0 aliphatic carbocycles. The van der Waals surface area contributed by atoms with Gasteiger partial charge in [0.15, 0.2) is 0 Å². The van der Waals surface area contributed by atoms with E-state index < -0.39 is 10.9 Å². The summed E-state index contributed by atoms with van der Waals surface area (Å²) in [6.07, 6.45) is 2.56. The molecule has 1 aliphatic heterocycles. The molecular weight excluding hydrogens is 223 g/mol. The summed E-state index contributed by atoms with van der Waals surface area (Å²) in [6.45, 7) is 2.00. The van der Waals surface area contributed by atoms with Gasteiger partial charge in [-0.2, -0.15) is 0 Å². The van der Waals surface area contributed by atoms with Crippen molar-refractivity contribution in [1.82, 2.24) is 0 Å². The second-order valence-corrected chi connectivity index (χ2v) is 2.47. The quantitative estimate of drug-likeness (QED) is 0.628. The molecule has 1 aliphatic rings. The lowest BCUT2D eigenvalue weighted by molar-refractivity contribution is 0.198. The molecule has 0 amide bonds. The molecule has 1 saturated heterocycles. The van der Waals surface area contributed by atoms with Crippen LogP contribution in [0, 0.1) is 0 Å². The normalized spacial score (nSPS) is 13.1. The van der Waals surface area contributed by atoms with Gasteiger partial charge in [0.25, 0.3) is 0 Å². The van der Waals surface area contributed by atoms with Crippen LogP contribution in [-0.4, -0.2) is 34.3 Å². The van der Waals surface area contributed by atoms with Gasteiger partial charge in [-0.15, -0.1) is 0 Å². The van der Waals surface area contributed by atoms with E-state index in [1.807, 2.05) is 0 Å². The molecule has 1 heterocycles. The fourth-order valence-corrected chi connectivity index (χ4v) is 0.510. The number of hydrogen-bond donors (Lipinski definition) is 2. The van der Waals surface area contributed by atoms with Crippen LogP contribution in [0.25, 0.3) is 0 Å². The molecule has 0 bridgehead atoms. The highest BCUT2D eigenvalue weighted by atomic mass is 35.5. The average molecular weight is 233 g/mol. The van der Waals surface area contributed by atoms with Crippen molar-refractivity contribution in [3.63, 3.8) is 0 Å². The van der Waals surface area contributed by atoms with Gasteiger partial charge in [-0.05, 0) is 12.8 Å².